The van der Waals surface area contributed by atoms with Gasteiger partial charge >= 0.3 is 0 Å². The van der Waals surface area contributed by atoms with Gasteiger partial charge in [-0.3, -0.25) is 0 Å². The van der Waals surface area contributed by atoms with Crippen LogP contribution in [0.4, 0.5) is 0 Å². The Morgan fingerprint density at radius 2 is 1.56 bits per heavy atom. The summed E-state index contributed by atoms with van der Waals surface area (Å²) in [6, 6.07) is 0. The minimum Gasteiger partial charge on any atom is -0.352 e. The largest absolute Gasteiger partial charge is 0.352 e. The summed E-state index contributed by atoms with van der Waals surface area (Å²) in [6.07, 6.45) is 9.29. The van der Waals surface area contributed by atoms with Crippen LogP contribution in [0.3, 0.4) is 0 Å². The quantitative estimate of drug-likeness (QED) is 0.582. The van der Waals surface area contributed by atoms with E-state index in [2.05, 4.69) is 27.7 Å². The fourth-order valence-electron chi connectivity index (χ4n) is 3.55. The molecule has 1 saturated carbocycles. The van der Waals surface area contributed by atoms with Gasteiger partial charge in [0.2, 0.25) is 0 Å². The van der Waals surface area contributed by atoms with Crippen LogP contribution in [0.2, 0.25) is 0 Å². The van der Waals surface area contributed by atoms with Gasteiger partial charge in [-0.1, -0.05) is 39.5 Å². The number of ether oxygens (including phenoxy) is 2. The number of hydrogen-bond donors (Lipinski definition) is 0. The second kappa shape index (κ2) is 8.16. The molecule has 2 nitrogen and oxygen atoms in total. The lowest BCUT2D eigenvalue weighted by atomic mass is 9.67. The molecule has 0 amide bonds. The molecule has 1 unspecified atom stereocenters. The zero-order valence-corrected chi connectivity index (χ0v) is 12.8. The Morgan fingerprint density at radius 3 is 2.00 bits per heavy atom. The zero-order valence-electron chi connectivity index (χ0n) is 12.8. The van der Waals surface area contributed by atoms with Crippen LogP contribution in [-0.4, -0.2) is 19.5 Å². The number of hydrogen-bond acceptors (Lipinski definition) is 2. The summed E-state index contributed by atoms with van der Waals surface area (Å²) in [5.41, 5.74) is 0.196. The van der Waals surface area contributed by atoms with E-state index in [9.17, 15) is 0 Å². The summed E-state index contributed by atoms with van der Waals surface area (Å²) in [5, 5.41) is 0. The summed E-state index contributed by atoms with van der Waals surface area (Å²) in [5.74, 6) is 0.772. The smallest absolute Gasteiger partial charge is 0.163 e. The third-order valence-electron chi connectivity index (χ3n) is 4.50. The molecule has 1 atom stereocenters. The first kappa shape index (κ1) is 16.0. The van der Waals surface area contributed by atoms with Crippen molar-refractivity contribution in [1.29, 1.82) is 0 Å². The molecule has 0 aromatic carbocycles. The Hall–Kier alpha value is -0.0800. The van der Waals surface area contributed by atoms with Gasteiger partial charge < -0.3 is 9.47 Å². The van der Waals surface area contributed by atoms with Crippen molar-refractivity contribution in [2.24, 2.45) is 11.3 Å². The van der Waals surface area contributed by atoms with Gasteiger partial charge in [0.05, 0.1) is 0 Å². The highest BCUT2D eigenvalue weighted by Gasteiger charge is 2.42. The van der Waals surface area contributed by atoms with Crippen LogP contribution < -0.4 is 0 Å². The minimum atomic E-state index is -0.0180. The van der Waals surface area contributed by atoms with Gasteiger partial charge in [0, 0.05) is 18.6 Å². The molecule has 0 N–H and O–H groups in total. The van der Waals surface area contributed by atoms with E-state index in [1.54, 1.807) is 0 Å². The first-order valence-corrected chi connectivity index (χ1v) is 7.92. The molecule has 0 spiro atoms. The zero-order chi connectivity index (χ0) is 13.4. The second-order valence-electron chi connectivity index (χ2n) is 5.83. The normalized spacial score (nSPS) is 21.2. The molecule has 0 saturated heterocycles. The fourth-order valence-corrected chi connectivity index (χ4v) is 3.55. The van der Waals surface area contributed by atoms with E-state index in [1.807, 2.05) is 0 Å². The van der Waals surface area contributed by atoms with Crippen LogP contribution in [0.25, 0.3) is 0 Å². The van der Waals surface area contributed by atoms with Crippen molar-refractivity contribution >= 4 is 0 Å². The molecule has 0 aliphatic heterocycles. The lowest BCUT2D eigenvalue weighted by Gasteiger charge is -2.44. The van der Waals surface area contributed by atoms with Crippen molar-refractivity contribution in [2.75, 3.05) is 13.2 Å². The van der Waals surface area contributed by atoms with Crippen LogP contribution in [0.1, 0.15) is 72.6 Å². The SMILES string of the molecule is CCCC(C)(C1CCCCC1)C(OCC)OCC. The van der Waals surface area contributed by atoms with Crippen molar-refractivity contribution in [3.63, 3.8) is 0 Å². The Balaban J connectivity index is 2.79. The molecule has 18 heavy (non-hydrogen) atoms. The maximum Gasteiger partial charge on any atom is 0.163 e. The molecular formula is C16H32O2. The highest BCUT2D eigenvalue weighted by molar-refractivity contribution is 4.87. The molecule has 0 bridgehead atoms. The van der Waals surface area contributed by atoms with Crippen LogP contribution in [0, 0.1) is 11.3 Å². The van der Waals surface area contributed by atoms with E-state index in [0.29, 0.717) is 0 Å². The van der Waals surface area contributed by atoms with Crippen LogP contribution in [0.15, 0.2) is 0 Å². The van der Waals surface area contributed by atoms with E-state index in [4.69, 9.17) is 9.47 Å². The third-order valence-corrected chi connectivity index (χ3v) is 4.50. The van der Waals surface area contributed by atoms with Crippen molar-refractivity contribution in [3.05, 3.63) is 0 Å². The molecule has 108 valence electrons. The molecule has 0 aromatic heterocycles. The molecule has 1 rings (SSSR count). The molecule has 2 heteroatoms. The van der Waals surface area contributed by atoms with E-state index in [-0.39, 0.29) is 11.7 Å². The molecule has 1 aliphatic carbocycles. The first-order valence-electron chi connectivity index (χ1n) is 7.92. The van der Waals surface area contributed by atoms with Crippen LogP contribution in [-0.2, 0) is 9.47 Å². The van der Waals surface area contributed by atoms with Crippen molar-refractivity contribution in [3.8, 4) is 0 Å². The second-order valence-corrected chi connectivity index (χ2v) is 5.83. The highest BCUT2D eigenvalue weighted by Crippen LogP contribution is 2.45. The van der Waals surface area contributed by atoms with Crippen molar-refractivity contribution in [2.45, 2.75) is 78.9 Å². The first-order chi connectivity index (χ1) is 8.69. The molecule has 0 aromatic rings. The Morgan fingerprint density at radius 1 is 1.00 bits per heavy atom. The Labute approximate surface area is 113 Å². The van der Waals surface area contributed by atoms with Gasteiger partial charge in [-0.25, -0.2) is 0 Å². The average Bonchev–Trinajstić information content (AvgIpc) is 2.40. The van der Waals surface area contributed by atoms with Crippen LogP contribution >= 0.6 is 0 Å². The van der Waals surface area contributed by atoms with Gasteiger partial charge in [-0.05, 0) is 39.0 Å². The highest BCUT2D eigenvalue weighted by atomic mass is 16.7. The maximum absolute atomic E-state index is 5.93. The van der Waals surface area contributed by atoms with E-state index < -0.39 is 0 Å². The molecule has 0 heterocycles. The Bertz CT molecular complexity index is 205. The van der Waals surface area contributed by atoms with Crippen molar-refractivity contribution in [1.82, 2.24) is 0 Å². The van der Waals surface area contributed by atoms with E-state index in [0.717, 1.165) is 19.1 Å². The van der Waals surface area contributed by atoms with Crippen molar-refractivity contribution < 1.29 is 9.47 Å². The summed E-state index contributed by atoms with van der Waals surface area (Å²) in [4.78, 5) is 0. The van der Waals surface area contributed by atoms with Gasteiger partial charge in [0.15, 0.2) is 6.29 Å². The monoisotopic (exact) mass is 256 g/mol. The van der Waals surface area contributed by atoms with Gasteiger partial charge in [-0.15, -0.1) is 0 Å². The van der Waals surface area contributed by atoms with Gasteiger partial charge in [-0.2, -0.15) is 0 Å². The lowest BCUT2D eigenvalue weighted by Crippen LogP contribution is -2.43. The predicted molar refractivity (Wildman–Crippen MR) is 76.6 cm³/mol. The summed E-state index contributed by atoms with van der Waals surface area (Å²) < 4.78 is 11.9. The van der Waals surface area contributed by atoms with E-state index >= 15 is 0 Å². The standard InChI is InChI=1S/C16H32O2/c1-5-13-16(4,14-11-9-8-10-12-14)15(17-6-2)18-7-3/h14-15H,5-13H2,1-4H3. The molecular weight excluding hydrogens is 224 g/mol. The Kier molecular flexibility index (Phi) is 7.25. The fraction of sp³-hybridized carbons (Fsp3) is 1.00. The summed E-state index contributed by atoms with van der Waals surface area (Å²) >= 11 is 0. The molecule has 0 radical (unpaired) electrons. The van der Waals surface area contributed by atoms with E-state index in [1.165, 1.54) is 44.9 Å². The van der Waals surface area contributed by atoms with Gasteiger partial charge in [0.1, 0.15) is 0 Å². The summed E-state index contributed by atoms with van der Waals surface area (Å²) in [6.45, 7) is 10.3. The lowest BCUT2D eigenvalue weighted by molar-refractivity contribution is -0.219. The predicted octanol–water partition coefficient (Wildman–Crippen LogP) is 4.77. The minimum absolute atomic E-state index is 0.0180. The summed E-state index contributed by atoms with van der Waals surface area (Å²) in [7, 11) is 0. The third kappa shape index (κ3) is 3.96. The molecule has 1 aliphatic rings. The van der Waals surface area contributed by atoms with Gasteiger partial charge in [0.25, 0.3) is 0 Å². The average molecular weight is 256 g/mol. The number of rotatable bonds is 8. The maximum atomic E-state index is 5.93. The molecule has 1 fully saturated rings. The topological polar surface area (TPSA) is 18.5 Å². The van der Waals surface area contributed by atoms with Crippen LogP contribution in [0.5, 0.6) is 0 Å².